The van der Waals surface area contributed by atoms with E-state index < -0.39 is 0 Å². The fraction of sp³-hybridized carbons (Fsp3) is 0.643. The lowest BCUT2D eigenvalue weighted by molar-refractivity contribution is 0.254. The Balaban J connectivity index is 2.08. The van der Waals surface area contributed by atoms with E-state index in [4.69, 9.17) is 5.73 Å². The van der Waals surface area contributed by atoms with Crippen LogP contribution in [-0.2, 0) is 0 Å². The first kappa shape index (κ1) is 12.2. The monoisotopic (exact) mass is 233 g/mol. The van der Waals surface area contributed by atoms with Crippen LogP contribution < -0.4 is 11.1 Å². The van der Waals surface area contributed by atoms with Crippen LogP contribution in [0.25, 0.3) is 0 Å². The molecule has 3 nitrogen and oxygen atoms in total. The highest BCUT2D eigenvalue weighted by atomic mass is 15.0. The van der Waals surface area contributed by atoms with Gasteiger partial charge in [0.25, 0.3) is 0 Å². The maximum Gasteiger partial charge on any atom is 0.0736 e. The summed E-state index contributed by atoms with van der Waals surface area (Å²) in [5, 5.41) is 3.62. The van der Waals surface area contributed by atoms with E-state index in [1.807, 2.05) is 6.07 Å². The van der Waals surface area contributed by atoms with Gasteiger partial charge in [0, 0.05) is 12.2 Å². The lowest BCUT2D eigenvalue weighted by Gasteiger charge is -2.35. The zero-order valence-electron chi connectivity index (χ0n) is 10.8. The van der Waals surface area contributed by atoms with Crippen molar-refractivity contribution in [2.45, 2.75) is 45.6 Å². The number of hydrogen-bond acceptors (Lipinski definition) is 3. The number of hydrogen-bond donors (Lipinski definition) is 2. The molecule has 17 heavy (non-hydrogen) atoms. The van der Waals surface area contributed by atoms with E-state index in [1.54, 1.807) is 12.4 Å². The van der Waals surface area contributed by atoms with Gasteiger partial charge in [-0.1, -0.05) is 26.7 Å². The molecule has 2 atom stereocenters. The summed E-state index contributed by atoms with van der Waals surface area (Å²) >= 11 is 0. The Hall–Kier alpha value is -1.25. The quantitative estimate of drug-likeness (QED) is 0.842. The zero-order chi connectivity index (χ0) is 12.3. The third-order valence-corrected chi connectivity index (χ3v) is 3.87. The van der Waals surface area contributed by atoms with Crippen molar-refractivity contribution < 1.29 is 0 Å². The molecule has 3 heteroatoms. The highest BCUT2D eigenvalue weighted by Crippen LogP contribution is 2.33. The first-order chi connectivity index (χ1) is 8.18. The number of anilines is 2. The number of nitrogen functional groups attached to an aromatic ring is 1. The molecule has 1 heterocycles. The van der Waals surface area contributed by atoms with Gasteiger partial charge in [0.05, 0.1) is 17.6 Å². The molecule has 0 aliphatic heterocycles. The summed E-state index contributed by atoms with van der Waals surface area (Å²) in [5.41, 5.74) is 7.72. The van der Waals surface area contributed by atoms with Crippen LogP contribution in [0.4, 0.5) is 11.4 Å². The molecule has 0 bridgehead atoms. The number of rotatable bonds is 3. The van der Waals surface area contributed by atoms with Crippen molar-refractivity contribution in [3.05, 3.63) is 18.5 Å². The van der Waals surface area contributed by atoms with E-state index in [-0.39, 0.29) is 0 Å². The Morgan fingerprint density at radius 3 is 2.82 bits per heavy atom. The van der Waals surface area contributed by atoms with Gasteiger partial charge in [-0.15, -0.1) is 0 Å². The third kappa shape index (κ3) is 2.90. The molecule has 1 aromatic rings. The fourth-order valence-corrected chi connectivity index (χ4v) is 2.87. The topological polar surface area (TPSA) is 50.9 Å². The van der Waals surface area contributed by atoms with Crippen LogP contribution in [-0.4, -0.2) is 11.0 Å². The van der Waals surface area contributed by atoms with Crippen molar-refractivity contribution in [1.29, 1.82) is 0 Å². The second kappa shape index (κ2) is 5.39. The second-order valence-electron chi connectivity index (χ2n) is 5.41. The third-order valence-electron chi connectivity index (χ3n) is 3.87. The molecule has 94 valence electrons. The smallest absolute Gasteiger partial charge is 0.0736 e. The summed E-state index contributed by atoms with van der Waals surface area (Å²) in [5.74, 6) is 1.49. The highest BCUT2D eigenvalue weighted by molar-refractivity contribution is 5.64. The van der Waals surface area contributed by atoms with Gasteiger partial charge in [-0.2, -0.15) is 0 Å². The van der Waals surface area contributed by atoms with Gasteiger partial charge in [0.1, 0.15) is 0 Å². The van der Waals surface area contributed by atoms with Crippen molar-refractivity contribution in [2.75, 3.05) is 11.1 Å². The van der Waals surface area contributed by atoms with E-state index in [0.29, 0.717) is 6.04 Å². The van der Waals surface area contributed by atoms with Crippen molar-refractivity contribution in [3.63, 3.8) is 0 Å². The van der Waals surface area contributed by atoms with Crippen LogP contribution in [0.2, 0.25) is 0 Å². The van der Waals surface area contributed by atoms with Crippen molar-refractivity contribution in [3.8, 4) is 0 Å². The average Bonchev–Trinajstić information content (AvgIpc) is 2.32. The SMILES string of the molecule is CC(C)C1CCCCC1Nc1ccncc1N. The lowest BCUT2D eigenvalue weighted by Crippen LogP contribution is -2.35. The van der Waals surface area contributed by atoms with Gasteiger partial charge in [0.15, 0.2) is 0 Å². The highest BCUT2D eigenvalue weighted by Gasteiger charge is 2.27. The van der Waals surface area contributed by atoms with E-state index in [9.17, 15) is 0 Å². The molecule has 0 saturated heterocycles. The molecule has 0 amide bonds. The number of nitrogens with one attached hydrogen (secondary N) is 1. The minimum atomic E-state index is 0.563. The van der Waals surface area contributed by atoms with Crippen LogP contribution in [0.5, 0.6) is 0 Å². The Morgan fingerprint density at radius 1 is 1.35 bits per heavy atom. The molecular formula is C14H23N3. The van der Waals surface area contributed by atoms with Crippen LogP contribution in [0.15, 0.2) is 18.5 Å². The minimum absolute atomic E-state index is 0.563. The molecule has 1 aromatic heterocycles. The summed E-state index contributed by atoms with van der Waals surface area (Å²) in [4.78, 5) is 4.03. The molecule has 1 aliphatic carbocycles. The number of nitrogens with two attached hydrogens (primary N) is 1. The average molecular weight is 233 g/mol. The Kier molecular flexibility index (Phi) is 3.87. The summed E-state index contributed by atoms with van der Waals surface area (Å²) < 4.78 is 0. The molecule has 0 radical (unpaired) electrons. The Morgan fingerprint density at radius 2 is 2.12 bits per heavy atom. The standard InChI is InChI=1S/C14H23N3/c1-10(2)11-5-3-4-6-13(11)17-14-7-8-16-9-12(14)15/h7-11,13H,3-6,15H2,1-2H3,(H,16,17). The first-order valence-corrected chi connectivity index (χ1v) is 6.64. The molecule has 2 unspecified atom stereocenters. The predicted molar refractivity (Wildman–Crippen MR) is 72.9 cm³/mol. The van der Waals surface area contributed by atoms with Gasteiger partial charge in [-0.3, -0.25) is 4.98 Å². The van der Waals surface area contributed by atoms with Crippen molar-refractivity contribution in [1.82, 2.24) is 4.98 Å². The lowest BCUT2D eigenvalue weighted by atomic mass is 9.78. The molecule has 2 rings (SSSR count). The molecule has 1 fully saturated rings. The normalized spacial score (nSPS) is 24.9. The summed E-state index contributed by atoms with van der Waals surface area (Å²) in [7, 11) is 0. The maximum absolute atomic E-state index is 5.93. The van der Waals surface area contributed by atoms with Gasteiger partial charge < -0.3 is 11.1 Å². The number of nitrogens with zero attached hydrogens (tertiary/aromatic N) is 1. The fourth-order valence-electron chi connectivity index (χ4n) is 2.87. The van der Waals surface area contributed by atoms with E-state index in [0.717, 1.165) is 23.2 Å². The molecule has 1 saturated carbocycles. The zero-order valence-corrected chi connectivity index (χ0v) is 10.8. The van der Waals surface area contributed by atoms with Crippen LogP contribution >= 0.6 is 0 Å². The van der Waals surface area contributed by atoms with Crippen LogP contribution in [0.1, 0.15) is 39.5 Å². The second-order valence-corrected chi connectivity index (χ2v) is 5.41. The molecule has 0 aromatic carbocycles. The van der Waals surface area contributed by atoms with Crippen molar-refractivity contribution >= 4 is 11.4 Å². The molecule has 3 N–H and O–H groups in total. The summed E-state index contributed by atoms with van der Waals surface area (Å²) in [6.45, 7) is 4.64. The Bertz CT molecular complexity index is 362. The van der Waals surface area contributed by atoms with Gasteiger partial charge in [-0.05, 0) is 30.7 Å². The van der Waals surface area contributed by atoms with Gasteiger partial charge in [-0.25, -0.2) is 0 Å². The number of pyridine rings is 1. The number of aromatic nitrogens is 1. The summed E-state index contributed by atoms with van der Waals surface area (Å²) in [6, 6.07) is 2.54. The van der Waals surface area contributed by atoms with Crippen molar-refractivity contribution in [2.24, 2.45) is 11.8 Å². The van der Waals surface area contributed by atoms with Crippen LogP contribution in [0, 0.1) is 11.8 Å². The first-order valence-electron chi connectivity index (χ1n) is 6.64. The van der Waals surface area contributed by atoms with Crippen LogP contribution in [0.3, 0.4) is 0 Å². The summed E-state index contributed by atoms with van der Waals surface area (Å²) in [6.07, 6.45) is 8.80. The van der Waals surface area contributed by atoms with E-state index in [2.05, 4.69) is 24.1 Å². The largest absolute Gasteiger partial charge is 0.396 e. The minimum Gasteiger partial charge on any atom is -0.396 e. The Labute approximate surface area is 104 Å². The molecule has 0 spiro atoms. The molecular weight excluding hydrogens is 210 g/mol. The maximum atomic E-state index is 5.93. The van der Waals surface area contributed by atoms with E-state index in [1.165, 1.54) is 25.7 Å². The van der Waals surface area contributed by atoms with Gasteiger partial charge in [0.2, 0.25) is 0 Å². The van der Waals surface area contributed by atoms with Gasteiger partial charge >= 0.3 is 0 Å². The van der Waals surface area contributed by atoms with E-state index >= 15 is 0 Å². The predicted octanol–water partition coefficient (Wildman–Crippen LogP) is 3.29. The molecule has 1 aliphatic rings.